The van der Waals surface area contributed by atoms with E-state index < -0.39 is 0 Å². The third kappa shape index (κ3) is 16.9. The molecule has 7 nitrogen and oxygen atoms in total. The SMILES string of the molecule is ClCCl.[OH-].[Tl+].[Tl+].[Tl+].[Tl+].c1ccc(-c2cc(-c3ccccc3)[n-]n2)cc1.c1ccc(-c2cc(-c3ccccc3)[n-]n2)cc1.c1ccc(-c2cc(-c3ccccc3)[n-]n2)cc1. The van der Waals surface area contributed by atoms with Crippen molar-refractivity contribution in [3.8, 4) is 67.5 Å². The van der Waals surface area contributed by atoms with Crippen LogP contribution in [-0.2, 0) is 0 Å². The molecular formula is C46H36Cl2N6OTl4. The van der Waals surface area contributed by atoms with Crippen LogP contribution in [0.15, 0.2) is 200 Å². The van der Waals surface area contributed by atoms with Crippen LogP contribution < -0.4 is 15.3 Å². The summed E-state index contributed by atoms with van der Waals surface area (Å²) < 4.78 is 0. The Labute approximate surface area is 436 Å². The van der Waals surface area contributed by atoms with Crippen molar-refractivity contribution < 1.29 is 5.48 Å². The van der Waals surface area contributed by atoms with Crippen LogP contribution in [0.1, 0.15) is 0 Å². The molecule has 0 saturated heterocycles. The van der Waals surface area contributed by atoms with Crippen LogP contribution in [0.5, 0.6) is 0 Å². The first-order valence-electron chi connectivity index (χ1n) is 17.2. The molecule has 0 aliphatic rings. The van der Waals surface area contributed by atoms with E-state index in [0.717, 1.165) is 67.5 Å². The molecule has 0 fully saturated rings. The minimum atomic E-state index is 0. The van der Waals surface area contributed by atoms with Crippen LogP contribution in [0.2, 0.25) is 0 Å². The van der Waals surface area contributed by atoms with E-state index in [1.165, 1.54) is 0 Å². The second-order valence-corrected chi connectivity index (χ2v) is 12.4. The van der Waals surface area contributed by atoms with Crippen molar-refractivity contribution in [2.45, 2.75) is 0 Å². The summed E-state index contributed by atoms with van der Waals surface area (Å²) in [6.45, 7) is 0. The Morgan fingerprint density at radius 2 is 0.475 bits per heavy atom. The summed E-state index contributed by atoms with van der Waals surface area (Å²) in [4.78, 5) is 0. The maximum Gasteiger partial charge on any atom is 1.00 e. The van der Waals surface area contributed by atoms with Crippen LogP contribution in [0.25, 0.3) is 67.5 Å². The first-order valence-corrected chi connectivity index (χ1v) is 18.2. The van der Waals surface area contributed by atoms with Crippen LogP contribution in [0.4, 0.5) is 0 Å². The van der Waals surface area contributed by atoms with Gasteiger partial charge in [0.05, 0.1) is 5.34 Å². The first kappa shape index (κ1) is 54.2. The van der Waals surface area contributed by atoms with Gasteiger partial charge in [0.25, 0.3) is 0 Å². The van der Waals surface area contributed by atoms with Crippen LogP contribution in [0.3, 0.4) is 0 Å². The van der Waals surface area contributed by atoms with Gasteiger partial charge in [0, 0.05) is 17.1 Å². The zero-order chi connectivity index (χ0) is 37.2. The van der Waals surface area contributed by atoms with Crippen molar-refractivity contribution in [3.05, 3.63) is 200 Å². The predicted octanol–water partition coefficient (Wildman–Crippen LogP) is 9.84. The van der Waals surface area contributed by atoms with Crippen molar-refractivity contribution in [1.29, 1.82) is 0 Å². The van der Waals surface area contributed by atoms with Crippen LogP contribution >= 0.6 is 23.2 Å². The Bertz CT molecular complexity index is 1960. The topological polar surface area (TPSA) is 111 Å². The van der Waals surface area contributed by atoms with Gasteiger partial charge in [-0.25, -0.2) is 0 Å². The van der Waals surface area contributed by atoms with E-state index in [0.29, 0.717) is 0 Å². The molecule has 0 aliphatic carbocycles. The minimum absolute atomic E-state index is 0. The summed E-state index contributed by atoms with van der Waals surface area (Å²) in [5, 5.41) is 25.5. The van der Waals surface area contributed by atoms with Gasteiger partial charge in [0.1, 0.15) is 0 Å². The number of halogens is 2. The molecule has 6 aromatic carbocycles. The number of hydrogen-bond acceptors (Lipinski definition) is 4. The third-order valence-corrected chi connectivity index (χ3v) is 8.03. The summed E-state index contributed by atoms with van der Waals surface area (Å²) in [5.74, 6) is 0. The standard InChI is InChI=1S/3C15H11N2.CH2Cl2.H2O.4Tl/c3*1-3-7-12(8-4-1)14-11-15(17-16-14)13-9-5-2-6-10-13;2-1-3;;;;;/h3*1-11H;1H2;1H2;;;;/q3*-1;;;4*+1/p-1. The second-order valence-electron chi connectivity index (χ2n) is 11.6. The fraction of sp³-hybridized carbons (Fsp3) is 0.0217. The van der Waals surface area contributed by atoms with E-state index in [1.54, 1.807) is 0 Å². The molecule has 0 radical (unpaired) electrons. The van der Waals surface area contributed by atoms with Crippen molar-refractivity contribution >= 4 is 132 Å². The molecule has 59 heavy (non-hydrogen) atoms. The van der Waals surface area contributed by atoms with Gasteiger partial charge in [-0.2, -0.15) is 0 Å². The van der Waals surface area contributed by atoms with Gasteiger partial charge in [0.2, 0.25) is 0 Å². The van der Waals surface area contributed by atoms with Gasteiger partial charge in [-0.1, -0.05) is 200 Å². The van der Waals surface area contributed by atoms with E-state index in [9.17, 15) is 0 Å². The predicted molar refractivity (Wildman–Crippen MR) is 247 cm³/mol. The summed E-state index contributed by atoms with van der Waals surface area (Å²) in [5.41, 5.74) is 12.1. The van der Waals surface area contributed by atoms with Crippen molar-refractivity contribution in [3.63, 3.8) is 0 Å². The molecule has 9 aromatic rings. The average Bonchev–Trinajstić information content (AvgIpc) is 4.07. The number of nitrogens with zero attached hydrogens (tertiary/aromatic N) is 6. The number of benzene rings is 6. The quantitative estimate of drug-likeness (QED) is 0.121. The smallest absolute Gasteiger partial charge is 0.870 e. The molecule has 13 heteroatoms. The van der Waals surface area contributed by atoms with E-state index in [1.807, 2.05) is 200 Å². The fourth-order valence-corrected chi connectivity index (χ4v) is 5.38. The van der Waals surface area contributed by atoms with Gasteiger partial charge in [0.15, 0.2) is 0 Å². The average molecular weight is 1580 g/mol. The Balaban J connectivity index is 0.000000411. The first-order chi connectivity index (χ1) is 26.7. The van der Waals surface area contributed by atoms with Gasteiger partial charge >= 0.3 is 109 Å². The monoisotopic (exact) mass is 1580 g/mol. The number of aromatic nitrogens is 6. The Morgan fingerprint density at radius 3 is 0.661 bits per heavy atom. The van der Waals surface area contributed by atoms with E-state index in [2.05, 4.69) is 30.6 Å². The zero-order valence-corrected chi connectivity index (χ0v) is 51.4. The molecular weight excluding hydrogens is 1540 g/mol. The number of alkyl halides is 2. The maximum absolute atomic E-state index is 4.76. The molecule has 0 saturated carbocycles. The molecule has 0 spiro atoms. The fourth-order valence-electron chi connectivity index (χ4n) is 5.38. The summed E-state index contributed by atoms with van der Waals surface area (Å²) in [6, 6.07) is 66.6. The molecule has 1 N–H and O–H groups in total. The third-order valence-electron chi connectivity index (χ3n) is 8.03. The zero-order valence-electron chi connectivity index (χ0n) is 32.0. The summed E-state index contributed by atoms with van der Waals surface area (Å²) >= 11 is 9.53. The Hall–Kier alpha value is -2.82. The van der Waals surface area contributed by atoms with Gasteiger partial charge in [-0.15, -0.1) is 40.3 Å². The molecule has 9 rings (SSSR count). The molecule has 0 atom stereocenters. The van der Waals surface area contributed by atoms with E-state index in [4.69, 9.17) is 23.2 Å². The Kier molecular flexibility index (Phi) is 27.8. The normalized spacial score (nSPS) is 9.25. The largest absolute Gasteiger partial charge is 1.00 e. The molecule has 0 aliphatic heterocycles. The second kappa shape index (κ2) is 30.2. The van der Waals surface area contributed by atoms with Gasteiger partial charge in [-0.05, 0) is 33.4 Å². The van der Waals surface area contributed by atoms with Crippen molar-refractivity contribution in [1.82, 2.24) is 30.6 Å². The summed E-state index contributed by atoms with van der Waals surface area (Å²) in [6.07, 6.45) is 0. The van der Waals surface area contributed by atoms with Gasteiger partial charge in [-0.3, -0.25) is 0 Å². The van der Waals surface area contributed by atoms with Crippen LogP contribution in [-0.4, -0.2) is 135 Å². The molecule has 0 unspecified atom stereocenters. The molecule has 0 amide bonds. The molecule has 0 bridgehead atoms. The summed E-state index contributed by atoms with van der Waals surface area (Å²) in [7, 11) is 0. The number of rotatable bonds is 6. The minimum Gasteiger partial charge on any atom is -0.870 e. The maximum atomic E-state index is 4.76. The van der Waals surface area contributed by atoms with E-state index in [-0.39, 0.29) is 120 Å². The van der Waals surface area contributed by atoms with Crippen molar-refractivity contribution in [2.75, 3.05) is 5.34 Å². The van der Waals surface area contributed by atoms with Gasteiger partial charge < -0.3 is 36.1 Å². The van der Waals surface area contributed by atoms with E-state index >= 15 is 0 Å². The van der Waals surface area contributed by atoms with Crippen LogP contribution in [0, 0.1) is 0 Å². The molecule has 3 heterocycles. The van der Waals surface area contributed by atoms with Crippen molar-refractivity contribution in [2.24, 2.45) is 0 Å². The number of hydrogen-bond donors (Lipinski definition) is 0. The molecule has 282 valence electrons. The molecule has 3 aromatic heterocycles. The Morgan fingerprint density at radius 1 is 0.305 bits per heavy atom.